The van der Waals surface area contributed by atoms with E-state index >= 15 is 0 Å². The van der Waals surface area contributed by atoms with Crippen molar-refractivity contribution in [3.05, 3.63) is 11.8 Å². The lowest BCUT2D eigenvalue weighted by Crippen LogP contribution is -2.30. The average Bonchev–Trinajstić information content (AvgIpc) is 2.33. The van der Waals surface area contributed by atoms with Gasteiger partial charge in [-0.25, -0.2) is 9.59 Å². The van der Waals surface area contributed by atoms with Gasteiger partial charge in [0, 0.05) is 0 Å². The largest absolute Gasteiger partial charge is 0.508 e. The van der Waals surface area contributed by atoms with Crippen LogP contribution in [0, 0.1) is 5.41 Å². The molecule has 0 rings (SSSR count). The Hall–Kier alpha value is -1.80. The number of hydrogen-bond donors (Lipinski definition) is 1. The van der Waals surface area contributed by atoms with E-state index in [9.17, 15) is 9.59 Å². The van der Waals surface area contributed by atoms with Gasteiger partial charge < -0.3 is 24.2 Å². The SMILES string of the molecule is CC(=COOC(C)(C)CC(C)(C)C)C(=O)OC(C)OC(C)OC(=O)O. The molecule has 25 heavy (non-hydrogen) atoms. The fraction of sp³-hybridized carbons (Fsp3) is 0.765. The van der Waals surface area contributed by atoms with Crippen LogP contribution in [0.25, 0.3) is 0 Å². The summed E-state index contributed by atoms with van der Waals surface area (Å²) in [5.74, 6) is -0.688. The number of carbonyl (C=O) groups excluding carboxylic acids is 1. The molecular weight excluding hydrogens is 332 g/mol. The Bertz CT molecular complexity index is 476. The van der Waals surface area contributed by atoms with Crippen molar-refractivity contribution in [2.75, 3.05) is 0 Å². The van der Waals surface area contributed by atoms with E-state index in [1.54, 1.807) is 0 Å². The molecule has 0 aliphatic carbocycles. The van der Waals surface area contributed by atoms with Crippen LogP contribution in [-0.2, 0) is 28.8 Å². The summed E-state index contributed by atoms with van der Waals surface area (Å²) in [6.45, 7) is 14.4. The predicted octanol–water partition coefficient (Wildman–Crippen LogP) is 4.00. The average molecular weight is 362 g/mol. The molecule has 0 aliphatic rings. The fourth-order valence-electron chi connectivity index (χ4n) is 2.29. The molecule has 0 radical (unpaired) electrons. The van der Waals surface area contributed by atoms with Crippen molar-refractivity contribution in [2.24, 2.45) is 5.41 Å². The lowest BCUT2D eigenvalue weighted by atomic mass is 9.84. The topological polar surface area (TPSA) is 101 Å². The zero-order chi connectivity index (χ0) is 19.8. The van der Waals surface area contributed by atoms with E-state index in [2.05, 4.69) is 25.5 Å². The van der Waals surface area contributed by atoms with Crippen molar-refractivity contribution < 1.29 is 38.7 Å². The molecule has 2 unspecified atom stereocenters. The summed E-state index contributed by atoms with van der Waals surface area (Å²) in [6.07, 6.45) is -1.64. The molecule has 0 saturated heterocycles. The molecule has 1 N–H and O–H groups in total. The molecule has 0 amide bonds. The van der Waals surface area contributed by atoms with Gasteiger partial charge in [-0.3, -0.25) is 0 Å². The van der Waals surface area contributed by atoms with Crippen molar-refractivity contribution in [1.82, 2.24) is 0 Å². The highest BCUT2D eigenvalue weighted by molar-refractivity contribution is 5.87. The van der Waals surface area contributed by atoms with Crippen molar-refractivity contribution >= 4 is 12.1 Å². The minimum absolute atomic E-state index is 0.0615. The molecule has 0 aromatic heterocycles. The lowest BCUT2D eigenvalue weighted by molar-refractivity contribution is -0.322. The number of rotatable bonds is 9. The predicted molar refractivity (Wildman–Crippen MR) is 89.3 cm³/mol. The normalized spacial score (nSPS) is 15.3. The maximum absolute atomic E-state index is 11.9. The summed E-state index contributed by atoms with van der Waals surface area (Å²) in [6, 6.07) is 0. The first kappa shape index (κ1) is 23.2. The molecule has 8 nitrogen and oxygen atoms in total. The van der Waals surface area contributed by atoms with E-state index in [1.165, 1.54) is 20.8 Å². The van der Waals surface area contributed by atoms with Gasteiger partial charge in [-0.1, -0.05) is 20.8 Å². The third-order valence-electron chi connectivity index (χ3n) is 2.70. The summed E-state index contributed by atoms with van der Waals surface area (Å²) in [5.41, 5.74) is -0.306. The van der Waals surface area contributed by atoms with Crippen molar-refractivity contribution in [3.63, 3.8) is 0 Å². The van der Waals surface area contributed by atoms with Gasteiger partial charge in [0.25, 0.3) is 0 Å². The number of ether oxygens (including phenoxy) is 3. The van der Waals surface area contributed by atoms with Gasteiger partial charge in [0.2, 0.25) is 12.6 Å². The Morgan fingerprint density at radius 3 is 2.04 bits per heavy atom. The van der Waals surface area contributed by atoms with E-state index in [-0.39, 0.29) is 11.0 Å². The zero-order valence-electron chi connectivity index (χ0n) is 16.2. The molecule has 0 saturated carbocycles. The number of hydrogen-bond acceptors (Lipinski definition) is 7. The Kier molecular flexibility index (Phi) is 8.93. The molecule has 0 spiro atoms. The number of carbonyl (C=O) groups is 2. The highest BCUT2D eigenvalue weighted by atomic mass is 17.2. The molecule has 0 aromatic carbocycles. The van der Waals surface area contributed by atoms with Crippen molar-refractivity contribution in [1.29, 1.82) is 0 Å². The van der Waals surface area contributed by atoms with Gasteiger partial charge in [0.1, 0.15) is 11.9 Å². The van der Waals surface area contributed by atoms with Crippen LogP contribution in [0.1, 0.15) is 61.8 Å². The van der Waals surface area contributed by atoms with E-state index in [1.807, 2.05) is 13.8 Å². The van der Waals surface area contributed by atoms with Crippen LogP contribution in [0.3, 0.4) is 0 Å². The van der Waals surface area contributed by atoms with Crippen LogP contribution in [0.5, 0.6) is 0 Å². The minimum atomic E-state index is -1.48. The third kappa shape index (κ3) is 12.2. The summed E-state index contributed by atoms with van der Waals surface area (Å²) < 4.78 is 14.4. The lowest BCUT2D eigenvalue weighted by Gasteiger charge is -2.30. The van der Waals surface area contributed by atoms with Crippen LogP contribution < -0.4 is 0 Å². The molecule has 0 aromatic rings. The highest BCUT2D eigenvalue weighted by Gasteiger charge is 2.28. The second-order valence-corrected chi connectivity index (χ2v) is 7.54. The minimum Gasteiger partial charge on any atom is -0.450 e. The summed E-state index contributed by atoms with van der Waals surface area (Å²) >= 11 is 0. The fourth-order valence-corrected chi connectivity index (χ4v) is 2.29. The van der Waals surface area contributed by atoms with Crippen LogP contribution in [0.2, 0.25) is 0 Å². The van der Waals surface area contributed by atoms with Crippen molar-refractivity contribution in [3.8, 4) is 0 Å². The molecule has 146 valence electrons. The number of carboxylic acid groups (broad SMARTS) is 1. The second-order valence-electron chi connectivity index (χ2n) is 7.54. The van der Waals surface area contributed by atoms with Crippen LogP contribution >= 0.6 is 0 Å². The maximum Gasteiger partial charge on any atom is 0.508 e. The number of esters is 1. The van der Waals surface area contributed by atoms with E-state index in [4.69, 9.17) is 24.4 Å². The molecule has 8 heteroatoms. The highest BCUT2D eigenvalue weighted by Crippen LogP contribution is 2.29. The molecule has 0 aliphatic heterocycles. The summed E-state index contributed by atoms with van der Waals surface area (Å²) in [4.78, 5) is 32.6. The second kappa shape index (κ2) is 9.62. The van der Waals surface area contributed by atoms with Crippen LogP contribution in [0.4, 0.5) is 4.79 Å². The summed E-state index contributed by atoms with van der Waals surface area (Å²) in [7, 11) is 0. The molecule has 2 atom stereocenters. The Morgan fingerprint density at radius 2 is 1.56 bits per heavy atom. The Labute approximate surface area is 149 Å². The van der Waals surface area contributed by atoms with Gasteiger partial charge in [-0.05, 0) is 46.5 Å². The zero-order valence-corrected chi connectivity index (χ0v) is 16.2. The molecule has 0 fully saturated rings. The van der Waals surface area contributed by atoms with Crippen LogP contribution in [-0.4, -0.2) is 35.4 Å². The van der Waals surface area contributed by atoms with Crippen LogP contribution in [0.15, 0.2) is 11.8 Å². The Morgan fingerprint density at radius 1 is 1.04 bits per heavy atom. The first-order valence-electron chi connectivity index (χ1n) is 7.99. The first-order chi connectivity index (χ1) is 11.2. The molecule has 0 heterocycles. The van der Waals surface area contributed by atoms with Gasteiger partial charge in [0.05, 0.1) is 5.57 Å². The smallest absolute Gasteiger partial charge is 0.450 e. The van der Waals surface area contributed by atoms with Gasteiger partial charge in [0.15, 0.2) is 0 Å². The van der Waals surface area contributed by atoms with Gasteiger partial charge in [-0.2, -0.15) is 4.89 Å². The standard InChI is InChI=1S/C17H30O8/c1-11(9-21-25-17(7,8)10-16(4,5)6)14(18)23-12(2)22-13(3)24-15(19)20/h9,12-13H,10H2,1-8H3,(H,19,20). The monoisotopic (exact) mass is 362 g/mol. The van der Waals surface area contributed by atoms with Gasteiger partial charge >= 0.3 is 12.1 Å². The van der Waals surface area contributed by atoms with Gasteiger partial charge in [-0.15, -0.1) is 0 Å². The van der Waals surface area contributed by atoms with Crippen molar-refractivity contribution in [2.45, 2.75) is 80.0 Å². The first-order valence-corrected chi connectivity index (χ1v) is 7.99. The quantitative estimate of drug-likeness (QED) is 0.164. The Balaban J connectivity index is 4.40. The van der Waals surface area contributed by atoms with E-state index in [0.717, 1.165) is 12.7 Å². The van der Waals surface area contributed by atoms with E-state index < -0.39 is 30.3 Å². The summed E-state index contributed by atoms with van der Waals surface area (Å²) in [5, 5.41) is 8.45. The third-order valence-corrected chi connectivity index (χ3v) is 2.70. The van der Waals surface area contributed by atoms with E-state index in [0.29, 0.717) is 0 Å². The molecular formula is C17H30O8. The maximum atomic E-state index is 11.9. The molecule has 0 bridgehead atoms.